The van der Waals surface area contributed by atoms with Gasteiger partial charge in [-0.3, -0.25) is 14.2 Å². The van der Waals surface area contributed by atoms with Gasteiger partial charge in [-0.25, -0.2) is 4.39 Å². The molecule has 0 amide bonds. The summed E-state index contributed by atoms with van der Waals surface area (Å²) in [6.07, 6.45) is -0.783. The molecule has 144 valence electrons. The van der Waals surface area contributed by atoms with E-state index in [1.807, 2.05) is 30.3 Å². The Morgan fingerprint density at radius 3 is 2.43 bits per heavy atom. The van der Waals surface area contributed by atoms with E-state index in [1.165, 1.54) is 26.0 Å². The average molecular weight is 399 g/mol. The van der Waals surface area contributed by atoms with Gasteiger partial charge in [-0.1, -0.05) is 30.0 Å². The van der Waals surface area contributed by atoms with Gasteiger partial charge in [-0.15, -0.1) is 10.2 Å². The average Bonchev–Trinajstić information content (AvgIpc) is 3.11. The van der Waals surface area contributed by atoms with E-state index in [2.05, 4.69) is 10.2 Å². The third-order valence-electron chi connectivity index (χ3n) is 3.95. The molecule has 6 nitrogen and oxygen atoms in total. The van der Waals surface area contributed by atoms with Crippen molar-refractivity contribution in [2.24, 2.45) is 0 Å². The van der Waals surface area contributed by atoms with Gasteiger partial charge in [0, 0.05) is 11.3 Å². The van der Waals surface area contributed by atoms with E-state index in [-0.39, 0.29) is 17.4 Å². The molecular formula is C20H18FN3O3S. The van der Waals surface area contributed by atoms with E-state index >= 15 is 0 Å². The largest absolute Gasteiger partial charge is 0.454 e. The molecule has 3 aromatic rings. The number of hydrogen-bond donors (Lipinski definition) is 0. The summed E-state index contributed by atoms with van der Waals surface area (Å²) >= 11 is 1.15. The quantitative estimate of drug-likeness (QED) is 0.446. The van der Waals surface area contributed by atoms with Crippen molar-refractivity contribution in [3.63, 3.8) is 0 Å². The number of thioether (sulfide) groups is 1. The van der Waals surface area contributed by atoms with Crippen molar-refractivity contribution in [2.45, 2.75) is 25.1 Å². The second-order valence-electron chi connectivity index (χ2n) is 6.02. The van der Waals surface area contributed by atoms with E-state index in [1.54, 1.807) is 16.7 Å². The minimum absolute atomic E-state index is 0.0218. The van der Waals surface area contributed by atoms with E-state index in [4.69, 9.17) is 4.74 Å². The minimum Gasteiger partial charge on any atom is -0.454 e. The molecule has 1 heterocycles. The lowest BCUT2D eigenvalue weighted by Crippen LogP contribution is -2.22. The van der Waals surface area contributed by atoms with Gasteiger partial charge in [-0.05, 0) is 50.2 Å². The number of esters is 1. The van der Waals surface area contributed by atoms with Crippen molar-refractivity contribution in [2.75, 3.05) is 5.75 Å². The molecule has 0 saturated carbocycles. The van der Waals surface area contributed by atoms with Crippen molar-refractivity contribution in [1.82, 2.24) is 14.8 Å². The van der Waals surface area contributed by atoms with Crippen LogP contribution in [0.4, 0.5) is 4.39 Å². The lowest BCUT2D eigenvalue weighted by atomic mass is 10.2. The predicted molar refractivity (Wildman–Crippen MR) is 104 cm³/mol. The van der Waals surface area contributed by atoms with Gasteiger partial charge < -0.3 is 4.74 Å². The van der Waals surface area contributed by atoms with E-state index in [0.29, 0.717) is 16.5 Å². The van der Waals surface area contributed by atoms with Gasteiger partial charge in [-0.2, -0.15) is 0 Å². The van der Waals surface area contributed by atoms with Crippen LogP contribution in [0.3, 0.4) is 0 Å². The Kier molecular flexibility index (Phi) is 6.20. The highest BCUT2D eigenvalue weighted by Crippen LogP contribution is 2.28. The number of para-hydroxylation sites is 1. The molecule has 0 spiro atoms. The van der Waals surface area contributed by atoms with Crippen molar-refractivity contribution < 1.29 is 18.7 Å². The highest BCUT2D eigenvalue weighted by Gasteiger charge is 2.19. The normalized spacial score (nSPS) is 11.8. The van der Waals surface area contributed by atoms with Gasteiger partial charge in [0.1, 0.15) is 5.82 Å². The zero-order valence-electron chi connectivity index (χ0n) is 15.3. The molecule has 3 rings (SSSR count). The Morgan fingerprint density at radius 2 is 1.79 bits per heavy atom. The third-order valence-corrected chi connectivity index (χ3v) is 4.85. The maximum absolute atomic E-state index is 13.3. The van der Waals surface area contributed by atoms with Crippen molar-refractivity contribution >= 4 is 23.5 Å². The van der Waals surface area contributed by atoms with E-state index in [9.17, 15) is 14.0 Å². The summed E-state index contributed by atoms with van der Waals surface area (Å²) in [4.78, 5) is 23.2. The fourth-order valence-electron chi connectivity index (χ4n) is 2.40. The Bertz CT molecular complexity index is 974. The lowest BCUT2D eigenvalue weighted by molar-refractivity contribution is -0.150. The van der Waals surface area contributed by atoms with Crippen LogP contribution in [0.2, 0.25) is 0 Å². The molecule has 2 aromatic carbocycles. The first-order valence-corrected chi connectivity index (χ1v) is 9.54. The number of ketones is 1. The zero-order chi connectivity index (χ0) is 20.1. The van der Waals surface area contributed by atoms with Crippen LogP contribution in [-0.4, -0.2) is 38.4 Å². The number of nitrogens with zero attached hydrogens (tertiary/aromatic N) is 3. The summed E-state index contributed by atoms with van der Waals surface area (Å²) in [5, 5.41) is 8.89. The standard InChI is InChI=1S/C20H18FN3O3S/c1-13(25)14(2)27-18(26)12-28-20-23-22-19(15-8-10-16(21)11-9-15)24(20)17-6-4-3-5-7-17/h3-11,14H,12H2,1-2H3. The number of carbonyl (C=O) groups is 2. The van der Waals surface area contributed by atoms with Crippen LogP contribution < -0.4 is 0 Å². The van der Waals surface area contributed by atoms with Gasteiger partial charge in [0.2, 0.25) is 0 Å². The SMILES string of the molecule is CC(=O)C(C)OC(=O)CSc1nnc(-c2ccc(F)cc2)n1-c1ccccc1. The summed E-state index contributed by atoms with van der Waals surface area (Å²) in [7, 11) is 0. The molecule has 1 unspecified atom stereocenters. The summed E-state index contributed by atoms with van der Waals surface area (Å²) < 4.78 is 20.1. The van der Waals surface area contributed by atoms with Crippen molar-refractivity contribution in [3.8, 4) is 17.1 Å². The molecule has 0 aliphatic carbocycles. The second-order valence-corrected chi connectivity index (χ2v) is 6.96. The molecule has 8 heteroatoms. The number of carbonyl (C=O) groups excluding carboxylic acids is 2. The highest BCUT2D eigenvalue weighted by molar-refractivity contribution is 7.99. The summed E-state index contributed by atoms with van der Waals surface area (Å²) in [5.41, 5.74) is 1.50. The molecule has 0 fully saturated rings. The molecule has 1 aromatic heterocycles. The van der Waals surface area contributed by atoms with Crippen molar-refractivity contribution in [1.29, 1.82) is 0 Å². The Balaban J connectivity index is 1.88. The van der Waals surface area contributed by atoms with Crippen LogP contribution in [0.5, 0.6) is 0 Å². The monoisotopic (exact) mass is 399 g/mol. The first kappa shape index (κ1) is 19.8. The van der Waals surface area contributed by atoms with Crippen LogP contribution in [0.25, 0.3) is 17.1 Å². The smallest absolute Gasteiger partial charge is 0.317 e. The number of aromatic nitrogens is 3. The van der Waals surface area contributed by atoms with Crippen LogP contribution in [0.1, 0.15) is 13.8 Å². The maximum Gasteiger partial charge on any atom is 0.317 e. The predicted octanol–water partition coefficient (Wildman–Crippen LogP) is 3.69. The number of halogens is 1. The fraction of sp³-hybridized carbons (Fsp3) is 0.200. The van der Waals surface area contributed by atoms with Gasteiger partial charge >= 0.3 is 5.97 Å². The van der Waals surface area contributed by atoms with E-state index in [0.717, 1.165) is 17.4 Å². The zero-order valence-corrected chi connectivity index (χ0v) is 16.1. The molecule has 0 radical (unpaired) electrons. The number of hydrogen-bond acceptors (Lipinski definition) is 6. The maximum atomic E-state index is 13.3. The summed E-state index contributed by atoms with van der Waals surface area (Å²) in [6.45, 7) is 2.90. The first-order valence-electron chi connectivity index (χ1n) is 8.55. The molecule has 0 saturated heterocycles. The third kappa shape index (κ3) is 4.64. The Hall–Kier alpha value is -3.00. The number of benzene rings is 2. The molecule has 1 atom stereocenters. The topological polar surface area (TPSA) is 74.1 Å². The first-order chi connectivity index (χ1) is 13.5. The van der Waals surface area contributed by atoms with Gasteiger partial charge in [0.05, 0.1) is 5.75 Å². The molecule has 0 bridgehead atoms. The van der Waals surface area contributed by atoms with Crippen LogP contribution in [-0.2, 0) is 14.3 Å². The number of Topliss-reactive ketones (excluding diaryl/α,β-unsaturated/α-hetero) is 1. The lowest BCUT2D eigenvalue weighted by Gasteiger charge is -2.11. The fourth-order valence-corrected chi connectivity index (χ4v) is 3.13. The van der Waals surface area contributed by atoms with Crippen LogP contribution >= 0.6 is 11.8 Å². The Morgan fingerprint density at radius 1 is 1.11 bits per heavy atom. The van der Waals surface area contributed by atoms with Crippen LogP contribution in [0.15, 0.2) is 59.8 Å². The summed E-state index contributed by atoms with van der Waals surface area (Å²) in [5.74, 6) is -0.569. The molecular weight excluding hydrogens is 381 g/mol. The second kappa shape index (κ2) is 8.79. The van der Waals surface area contributed by atoms with Gasteiger partial charge in [0.15, 0.2) is 22.9 Å². The van der Waals surface area contributed by atoms with E-state index < -0.39 is 12.1 Å². The molecule has 0 aliphatic rings. The number of rotatable bonds is 7. The molecule has 28 heavy (non-hydrogen) atoms. The van der Waals surface area contributed by atoms with Gasteiger partial charge in [0.25, 0.3) is 0 Å². The summed E-state index contributed by atoms with van der Waals surface area (Å²) in [6, 6.07) is 15.4. The Labute approximate surface area is 165 Å². The highest BCUT2D eigenvalue weighted by atomic mass is 32.2. The van der Waals surface area contributed by atoms with Crippen LogP contribution in [0, 0.1) is 5.82 Å². The molecule has 0 aliphatic heterocycles. The van der Waals surface area contributed by atoms with Crippen molar-refractivity contribution in [3.05, 3.63) is 60.4 Å². The molecule has 0 N–H and O–H groups in total. The number of ether oxygens (including phenoxy) is 1. The minimum atomic E-state index is -0.783.